The number of hydrogen-bond acceptors (Lipinski definition) is 4. The Morgan fingerprint density at radius 2 is 1.63 bits per heavy atom. The molecular weight excluding hydrogens is 380 g/mol. The Morgan fingerprint density at radius 3 is 2.27 bits per heavy atom. The fraction of sp³-hybridized carbons (Fsp3) is 0.333. The molecule has 30 heavy (non-hydrogen) atoms. The third kappa shape index (κ3) is 6.11. The predicted octanol–water partition coefficient (Wildman–Crippen LogP) is 4.24. The molecule has 0 fully saturated rings. The largest absolute Gasteiger partial charge is 0.467 e. The van der Waals surface area contributed by atoms with E-state index in [1.807, 2.05) is 50.2 Å². The Hall–Kier alpha value is -3.28. The van der Waals surface area contributed by atoms with Crippen molar-refractivity contribution >= 4 is 11.8 Å². The van der Waals surface area contributed by atoms with E-state index in [0.29, 0.717) is 25.4 Å². The van der Waals surface area contributed by atoms with Gasteiger partial charge in [-0.05, 0) is 42.2 Å². The number of rotatable bonds is 10. The molecule has 0 aliphatic rings. The van der Waals surface area contributed by atoms with E-state index < -0.39 is 0 Å². The lowest BCUT2D eigenvalue weighted by molar-refractivity contribution is -0.132. The number of benzene rings is 1. The monoisotopic (exact) mass is 408 g/mol. The van der Waals surface area contributed by atoms with Crippen LogP contribution in [0.4, 0.5) is 0 Å². The van der Waals surface area contributed by atoms with Crippen molar-refractivity contribution in [3.8, 4) is 0 Å². The first-order valence-electron chi connectivity index (χ1n) is 10.2. The van der Waals surface area contributed by atoms with Crippen molar-refractivity contribution in [2.75, 3.05) is 19.6 Å². The van der Waals surface area contributed by atoms with Gasteiger partial charge in [0.05, 0.1) is 19.1 Å². The standard InChI is InChI=1S/C24H28N2O4/c1-19(2)16-26(24(28)22-11-7-15-30-22)18-23(27)25(17-21-10-6-14-29-21)13-12-20-8-4-3-5-9-20/h3-11,14-15,19H,12-13,16-18H2,1-2H3. The number of furan rings is 2. The molecule has 0 N–H and O–H groups in total. The molecule has 2 heterocycles. The first kappa shape index (κ1) is 21.4. The van der Waals surface area contributed by atoms with Crippen LogP contribution in [0.5, 0.6) is 0 Å². The lowest BCUT2D eigenvalue weighted by atomic mass is 10.1. The smallest absolute Gasteiger partial charge is 0.290 e. The second-order valence-electron chi connectivity index (χ2n) is 7.69. The summed E-state index contributed by atoms with van der Waals surface area (Å²) in [6.07, 6.45) is 3.79. The zero-order chi connectivity index (χ0) is 21.3. The molecule has 0 saturated heterocycles. The van der Waals surface area contributed by atoms with Gasteiger partial charge in [0.2, 0.25) is 5.91 Å². The van der Waals surface area contributed by atoms with Gasteiger partial charge in [-0.15, -0.1) is 0 Å². The van der Waals surface area contributed by atoms with Crippen molar-refractivity contribution in [2.45, 2.75) is 26.8 Å². The average molecular weight is 408 g/mol. The molecule has 0 radical (unpaired) electrons. The van der Waals surface area contributed by atoms with Gasteiger partial charge >= 0.3 is 0 Å². The molecule has 2 amide bonds. The zero-order valence-electron chi connectivity index (χ0n) is 17.5. The summed E-state index contributed by atoms with van der Waals surface area (Å²) in [5, 5.41) is 0. The van der Waals surface area contributed by atoms with Crippen LogP contribution in [0.1, 0.15) is 35.7 Å². The summed E-state index contributed by atoms with van der Waals surface area (Å²) >= 11 is 0. The van der Waals surface area contributed by atoms with Crippen molar-refractivity contribution in [1.29, 1.82) is 0 Å². The Kier molecular flexibility index (Phi) is 7.49. The highest BCUT2D eigenvalue weighted by molar-refractivity contribution is 5.94. The summed E-state index contributed by atoms with van der Waals surface area (Å²) in [4.78, 5) is 29.4. The van der Waals surface area contributed by atoms with E-state index in [9.17, 15) is 9.59 Å². The summed E-state index contributed by atoms with van der Waals surface area (Å²) in [5.41, 5.74) is 1.15. The minimum atomic E-state index is -0.275. The molecule has 0 aliphatic carbocycles. The summed E-state index contributed by atoms with van der Waals surface area (Å²) in [6, 6.07) is 17.0. The molecule has 3 aromatic rings. The number of hydrogen-bond donors (Lipinski definition) is 0. The van der Waals surface area contributed by atoms with Gasteiger partial charge in [-0.25, -0.2) is 0 Å². The molecule has 6 nitrogen and oxygen atoms in total. The molecule has 2 aromatic heterocycles. The average Bonchev–Trinajstić information content (AvgIpc) is 3.44. The van der Waals surface area contributed by atoms with Crippen LogP contribution >= 0.6 is 0 Å². The molecule has 0 atom stereocenters. The van der Waals surface area contributed by atoms with Crippen molar-refractivity contribution in [1.82, 2.24) is 9.80 Å². The van der Waals surface area contributed by atoms with Gasteiger partial charge in [0.25, 0.3) is 5.91 Å². The maximum atomic E-state index is 13.2. The molecular formula is C24H28N2O4. The number of nitrogens with zero attached hydrogens (tertiary/aromatic N) is 2. The van der Waals surface area contributed by atoms with Crippen LogP contribution < -0.4 is 0 Å². The predicted molar refractivity (Wildman–Crippen MR) is 114 cm³/mol. The summed E-state index contributed by atoms with van der Waals surface area (Å²) in [5.74, 6) is 0.778. The summed E-state index contributed by atoms with van der Waals surface area (Å²) < 4.78 is 10.7. The van der Waals surface area contributed by atoms with Gasteiger partial charge in [-0.3, -0.25) is 9.59 Å². The normalized spacial score (nSPS) is 10.9. The number of carbonyl (C=O) groups is 2. The zero-order valence-corrected chi connectivity index (χ0v) is 17.5. The maximum Gasteiger partial charge on any atom is 0.290 e. The molecule has 158 valence electrons. The Bertz CT molecular complexity index is 902. The van der Waals surface area contributed by atoms with E-state index in [-0.39, 0.29) is 30.0 Å². The van der Waals surface area contributed by atoms with Crippen molar-refractivity contribution < 1.29 is 18.4 Å². The molecule has 1 aromatic carbocycles. The number of carbonyl (C=O) groups excluding carboxylic acids is 2. The highest BCUT2D eigenvalue weighted by atomic mass is 16.3. The van der Waals surface area contributed by atoms with Crippen molar-refractivity contribution in [3.63, 3.8) is 0 Å². The van der Waals surface area contributed by atoms with Crippen LogP contribution in [0.25, 0.3) is 0 Å². The van der Waals surface area contributed by atoms with E-state index in [0.717, 1.165) is 12.0 Å². The van der Waals surface area contributed by atoms with Crippen LogP contribution in [0.15, 0.2) is 76.0 Å². The van der Waals surface area contributed by atoms with Gasteiger partial charge in [0.15, 0.2) is 5.76 Å². The van der Waals surface area contributed by atoms with Crippen LogP contribution in [0, 0.1) is 5.92 Å². The molecule has 0 aliphatic heterocycles. The molecule has 6 heteroatoms. The van der Waals surface area contributed by atoms with E-state index in [4.69, 9.17) is 8.83 Å². The Labute approximate surface area is 177 Å². The minimum absolute atomic E-state index is 0.00673. The summed E-state index contributed by atoms with van der Waals surface area (Å²) in [6.45, 7) is 5.40. The highest BCUT2D eigenvalue weighted by Gasteiger charge is 2.25. The molecule has 3 rings (SSSR count). The summed E-state index contributed by atoms with van der Waals surface area (Å²) in [7, 11) is 0. The molecule has 0 unspecified atom stereocenters. The minimum Gasteiger partial charge on any atom is -0.467 e. The fourth-order valence-electron chi connectivity index (χ4n) is 3.27. The third-order valence-electron chi connectivity index (χ3n) is 4.72. The Balaban J connectivity index is 1.72. The number of amides is 2. The van der Waals surface area contributed by atoms with Crippen molar-refractivity contribution in [3.05, 3.63) is 84.2 Å². The van der Waals surface area contributed by atoms with E-state index in [1.165, 1.54) is 6.26 Å². The van der Waals surface area contributed by atoms with Gasteiger partial charge in [0.1, 0.15) is 12.3 Å². The highest BCUT2D eigenvalue weighted by Crippen LogP contribution is 2.12. The van der Waals surface area contributed by atoms with E-state index >= 15 is 0 Å². The third-order valence-corrected chi connectivity index (χ3v) is 4.72. The second-order valence-corrected chi connectivity index (χ2v) is 7.69. The van der Waals surface area contributed by atoms with Crippen molar-refractivity contribution in [2.24, 2.45) is 5.92 Å². The SMILES string of the molecule is CC(C)CN(CC(=O)N(CCc1ccccc1)Cc1ccco1)C(=O)c1ccco1. The van der Waals surface area contributed by atoms with Gasteiger partial charge < -0.3 is 18.6 Å². The quantitative estimate of drug-likeness (QED) is 0.503. The fourth-order valence-corrected chi connectivity index (χ4v) is 3.27. The first-order chi connectivity index (χ1) is 14.5. The first-order valence-corrected chi connectivity index (χ1v) is 10.2. The maximum absolute atomic E-state index is 13.2. The topological polar surface area (TPSA) is 66.9 Å². The second kappa shape index (κ2) is 10.5. The van der Waals surface area contributed by atoms with Gasteiger partial charge in [-0.1, -0.05) is 44.2 Å². The van der Waals surface area contributed by atoms with Gasteiger partial charge in [0, 0.05) is 13.1 Å². The lowest BCUT2D eigenvalue weighted by Crippen LogP contribution is -2.44. The molecule has 0 spiro atoms. The Morgan fingerprint density at radius 1 is 0.900 bits per heavy atom. The van der Waals surface area contributed by atoms with Crippen LogP contribution in [0.2, 0.25) is 0 Å². The van der Waals surface area contributed by atoms with E-state index in [1.54, 1.807) is 34.3 Å². The van der Waals surface area contributed by atoms with Crippen LogP contribution in [-0.2, 0) is 17.8 Å². The van der Waals surface area contributed by atoms with E-state index in [2.05, 4.69) is 0 Å². The van der Waals surface area contributed by atoms with Crippen LogP contribution in [0.3, 0.4) is 0 Å². The molecule has 0 bridgehead atoms. The van der Waals surface area contributed by atoms with Gasteiger partial charge in [-0.2, -0.15) is 0 Å². The van der Waals surface area contributed by atoms with Crippen LogP contribution in [-0.4, -0.2) is 41.2 Å². The lowest BCUT2D eigenvalue weighted by Gasteiger charge is -2.28. The molecule has 0 saturated carbocycles.